The maximum absolute atomic E-state index is 12.4. The van der Waals surface area contributed by atoms with Gasteiger partial charge >= 0.3 is 12.1 Å². The van der Waals surface area contributed by atoms with Crippen molar-refractivity contribution in [3.8, 4) is 5.75 Å². The molecule has 39 heavy (non-hydrogen) atoms. The SMILES string of the molecule is O=C(CCCOc1ccc(NC(=O)OCc2ccccc2)cc1)NCC(NS(=O)(=O)c1ccccc1)C(=O)O. The molecule has 0 aromatic heterocycles. The second-order valence-corrected chi connectivity index (χ2v) is 10.0. The zero-order valence-corrected chi connectivity index (χ0v) is 21.7. The number of carbonyl (C=O) groups excluding carboxylic acids is 2. The van der Waals surface area contributed by atoms with Crippen LogP contribution in [0.2, 0.25) is 0 Å². The highest BCUT2D eigenvalue weighted by Crippen LogP contribution is 2.16. The van der Waals surface area contributed by atoms with E-state index >= 15 is 0 Å². The Hall–Kier alpha value is -4.42. The maximum Gasteiger partial charge on any atom is 0.411 e. The first-order valence-corrected chi connectivity index (χ1v) is 13.5. The lowest BCUT2D eigenvalue weighted by molar-refractivity contribution is -0.138. The lowest BCUT2D eigenvalue weighted by atomic mass is 10.2. The van der Waals surface area contributed by atoms with Gasteiger partial charge in [0.2, 0.25) is 15.9 Å². The minimum Gasteiger partial charge on any atom is -0.494 e. The molecule has 4 N–H and O–H groups in total. The molecule has 2 amide bonds. The van der Waals surface area contributed by atoms with Gasteiger partial charge in [0.1, 0.15) is 18.4 Å². The molecule has 0 fully saturated rings. The van der Waals surface area contributed by atoms with Gasteiger partial charge in [-0.2, -0.15) is 4.72 Å². The fourth-order valence-corrected chi connectivity index (χ4v) is 4.48. The minimum absolute atomic E-state index is 0.0463. The van der Waals surface area contributed by atoms with E-state index in [2.05, 4.69) is 15.4 Å². The summed E-state index contributed by atoms with van der Waals surface area (Å²) in [5.74, 6) is -1.34. The summed E-state index contributed by atoms with van der Waals surface area (Å²) in [6.45, 7) is -0.0483. The molecular weight excluding hydrogens is 526 g/mol. The van der Waals surface area contributed by atoms with Crippen molar-refractivity contribution in [1.29, 1.82) is 0 Å². The predicted molar refractivity (Wildman–Crippen MR) is 143 cm³/mol. The Morgan fingerprint density at radius 3 is 2.15 bits per heavy atom. The molecule has 0 aliphatic heterocycles. The number of sulfonamides is 1. The lowest BCUT2D eigenvalue weighted by Gasteiger charge is -2.15. The third-order valence-corrected chi connectivity index (χ3v) is 6.77. The number of hydrogen-bond donors (Lipinski definition) is 4. The average molecular weight is 556 g/mol. The first-order chi connectivity index (χ1) is 18.7. The third kappa shape index (κ3) is 10.1. The summed E-state index contributed by atoms with van der Waals surface area (Å²) in [6.07, 6.45) is -0.202. The Morgan fingerprint density at radius 2 is 1.51 bits per heavy atom. The van der Waals surface area contributed by atoms with Crippen molar-refractivity contribution in [3.05, 3.63) is 90.5 Å². The van der Waals surface area contributed by atoms with E-state index in [-0.39, 0.29) is 24.5 Å². The quantitative estimate of drug-likeness (QED) is 0.221. The van der Waals surface area contributed by atoms with Crippen LogP contribution in [-0.2, 0) is 31.0 Å². The number of carboxylic acids is 1. The van der Waals surface area contributed by atoms with Gasteiger partial charge in [-0.3, -0.25) is 14.9 Å². The molecule has 0 aliphatic rings. The lowest BCUT2D eigenvalue weighted by Crippen LogP contribution is -2.48. The molecule has 0 spiro atoms. The van der Waals surface area contributed by atoms with Gasteiger partial charge in [-0.1, -0.05) is 48.5 Å². The molecule has 206 valence electrons. The van der Waals surface area contributed by atoms with Crippen LogP contribution < -0.4 is 20.1 Å². The van der Waals surface area contributed by atoms with E-state index in [1.165, 1.54) is 24.3 Å². The van der Waals surface area contributed by atoms with Gasteiger partial charge in [-0.25, -0.2) is 13.2 Å². The summed E-state index contributed by atoms with van der Waals surface area (Å²) in [5.41, 5.74) is 1.40. The van der Waals surface area contributed by atoms with Crippen molar-refractivity contribution in [2.24, 2.45) is 0 Å². The van der Waals surface area contributed by atoms with Crippen LogP contribution in [0.25, 0.3) is 0 Å². The molecule has 12 heteroatoms. The third-order valence-electron chi connectivity index (χ3n) is 5.28. The predicted octanol–water partition coefficient (Wildman–Crippen LogP) is 3.14. The first kappa shape index (κ1) is 29.1. The van der Waals surface area contributed by atoms with E-state index in [1.54, 1.807) is 30.3 Å². The second kappa shape index (κ2) is 14.5. The van der Waals surface area contributed by atoms with E-state index in [0.29, 0.717) is 17.9 Å². The number of nitrogens with one attached hydrogen (secondary N) is 3. The van der Waals surface area contributed by atoms with Gasteiger partial charge in [0.05, 0.1) is 11.5 Å². The van der Waals surface area contributed by atoms with E-state index < -0.39 is 40.6 Å². The Labute approximate surface area is 226 Å². The smallest absolute Gasteiger partial charge is 0.411 e. The monoisotopic (exact) mass is 555 g/mol. The van der Waals surface area contributed by atoms with Crippen LogP contribution in [0.4, 0.5) is 10.5 Å². The number of hydrogen-bond acceptors (Lipinski definition) is 7. The Bertz CT molecular complexity index is 1330. The zero-order chi connectivity index (χ0) is 28.1. The number of rotatable bonds is 14. The second-order valence-electron chi connectivity index (χ2n) is 8.29. The molecule has 1 unspecified atom stereocenters. The van der Waals surface area contributed by atoms with Crippen LogP contribution in [0.15, 0.2) is 89.8 Å². The highest BCUT2D eigenvalue weighted by atomic mass is 32.2. The fourth-order valence-electron chi connectivity index (χ4n) is 3.27. The highest BCUT2D eigenvalue weighted by molar-refractivity contribution is 7.89. The van der Waals surface area contributed by atoms with Crippen LogP contribution in [0, 0.1) is 0 Å². The Kier molecular flexibility index (Phi) is 10.8. The van der Waals surface area contributed by atoms with Gasteiger partial charge in [-0.05, 0) is 48.4 Å². The molecule has 11 nitrogen and oxygen atoms in total. The Balaban J connectivity index is 1.34. The summed E-state index contributed by atoms with van der Waals surface area (Å²) in [4.78, 5) is 35.5. The van der Waals surface area contributed by atoms with Crippen molar-refractivity contribution >= 4 is 33.7 Å². The number of carboxylic acid groups (broad SMARTS) is 1. The molecule has 0 saturated heterocycles. The van der Waals surface area contributed by atoms with Crippen LogP contribution in [0.3, 0.4) is 0 Å². The topological polar surface area (TPSA) is 160 Å². The molecule has 0 saturated carbocycles. The van der Waals surface area contributed by atoms with Gasteiger partial charge in [0.15, 0.2) is 0 Å². The number of anilines is 1. The minimum atomic E-state index is -4.06. The largest absolute Gasteiger partial charge is 0.494 e. The van der Waals surface area contributed by atoms with Crippen molar-refractivity contribution in [2.45, 2.75) is 30.4 Å². The normalized spacial score (nSPS) is 11.7. The molecule has 3 aromatic rings. The van der Waals surface area contributed by atoms with Crippen molar-refractivity contribution < 1.29 is 37.4 Å². The number of ether oxygens (including phenoxy) is 2. The van der Waals surface area contributed by atoms with Gasteiger partial charge in [0, 0.05) is 18.7 Å². The van der Waals surface area contributed by atoms with Gasteiger partial charge in [0.25, 0.3) is 0 Å². The van der Waals surface area contributed by atoms with E-state index in [9.17, 15) is 27.9 Å². The molecule has 0 radical (unpaired) electrons. The number of carbonyl (C=O) groups is 3. The van der Waals surface area contributed by atoms with Gasteiger partial charge in [-0.15, -0.1) is 0 Å². The van der Waals surface area contributed by atoms with Crippen molar-refractivity contribution in [2.75, 3.05) is 18.5 Å². The zero-order valence-electron chi connectivity index (χ0n) is 20.9. The van der Waals surface area contributed by atoms with Gasteiger partial charge < -0.3 is 19.9 Å². The molecule has 3 aromatic carbocycles. The van der Waals surface area contributed by atoms with Crippen LogP contribution in [0.1, 0.15) is 18.4 Å². The summed E-state index contributed by atoms with van der Waals surface area (Å²) >= 11 is 0. The summed E-state index contributed by atoms with van der Waals surface area (Å²) in [5, 5.41) is 14.4. The summed E-state index contributed by atoms with van der Waals surface area (Å²) in [6, 6.07) is 21.7. The van der Waals surface area contributed by atoms with Crippen LogP contribution in [0.5, 0.6) is 5.75 Å². The highest BCUT2D eigenvalue weighted by Gasteiger charge is 2.25. The number of benzene rings is 3. The molecule has 3 rings (SSSR count). The molecule has 0 aliphatic carbocycles. The first-order valence-electron chi connectivity index (χ1n) is 12.0. The standard InChI is InChI=1S/C27H29N3O8S/c31-25(28-18-24(26(32)33)30-39(35,36)23-10-5-2-6-11-23)12-7-17-37-22-15-13-21(14-16-22)29-27(34)38-19-20-8-3-1-4-9-20/h1-6,8-11,13-16,24,30H,7,12,17-19H2,(H,28,31)(H,29,34)(H,32,33). The maximum atomic E-state index is 12.4. The Morgan fingerprint density at radius 1 is 0.872 bits per heavy atom. The summed E-state index contributed by atoms with van der Waals surface area (Å²) < 4.78 is 37.6. The summed E-state index contributed by atoms with van der Waals surface area (Å²) in [7, 11) is -4.06. The fraction of sp³-hybridized carbons (Fsp3) is 0.222. The van der Waals surface area contributed by atoms with E-state index in [0.717, 1.165) is 5.56 Å². The molecule has 0 bridgehead atoms. The van der Waals surface area contributed by atoms with Crippen LogP contribution in [-0.4, -0.2) is 50.7 Å². The van der Waals surface area contributed by atoms with E-state index in [4.69, 9.17) is 9.47 Å². The van der Waals surface area contributed by atoms with Crippen molar-refractivity contribution in [3.63, 3.8) is 0 Å². The average Bonchev–Trinajstić information content (AvgIpc) is 2.94. The molecule has 1 atom stereocenters. The van der Waals surface area contributed by atoms with E-state index in [1.807, 2.05) is 30.3 Å². The molecular formula is C27H29N3O8S. The van der Waals surface area contributed by atoms with Crippen molar-refractivity contribution in [1.82, 2.24) is 10.0 Å². The number of aliphatic carboxylic acids is 1. The number of amides is 2. The van der Waals surface area contributed by atoms with Crippen LogP contribution >= 0.6 is 0 Å². The molecule has 0 heterocycles.